The molecular formula is C27H36ClN3O5S. The maximum absolute atomic E-state index is 13.7. The van der Waals surface area contributed by atoms with E-state index < -0.39 is 21.5 Å². The number of esters is 1. The van der Waals surface area contributed by atoms with Crippen LogP contribution in [0.3, 0.4) is 0 Å². The van der Waals surface area contributed by atoms with Crippen LogP contribution in [0.1, 0.15) is 52.1 Å². The number of amides is 1. The van der Waals surface area contributed by atoms with E-state index in [0.29, 0.717) is 37.5 Å². The van der Waals surface area contributed by atoms with Crippen molar-refractivity contribution in [2.75, 3.05) is 35.8 Å². The first kappa shape index (κ1) is 28.9. The minimum absolute atomic E-state index is 0.0290. The van der Waals surface area contributed by atoms with E-state index >= 15 is 0 Å². The summed E-state index contributed by atoms with van der Waals surface area (Å²) < 4.78 is 35.4. The smallest absolute Gasteiger partial charge is 0.310 e. The number of rotatable bonds is 10. The van der Waals surface area contributed by atoms with Gasteiger partial charge in [0, 0.05) is 30.7 Å². The number of halogens is 1. The number of benzene rings is 2. The zero-order valence-electron chi connectivity index (χ0n) is 21.8. The molecule has 8 nitrogen and oxygen atoms in total. The van der Waals surface area contributed by atoms with Gasteiger partial charge in [-0.25, -0.2) is 13.1 Å². The zero-order chi connectivity index (χ0) is 27.2. The Morgan fingerprint density at radius 3 is 2.54 bits per heavy atom. The summed E-state index contributed by atoms with van der Waals surface area (Å²) in [5.41, 5.74) is 0.801. The highest BCUT2D eigenvalue weighted by Gasteiger charge is 2.32. The van der Waals surface area contributed by atoms with E-state index in [1.165, 1.54) is 6.07 Å². The van der Waals surface area contributed by atoms with Crippen LogP contribution >= 0.6 is 11.6 Å². The summed E-state index contributed by atoms with van der Waals surface area (Å²) in [4.78, 5) is 27.1. The van der Waals surface area contributed by atoms with E-state index in [4.69, 9.17) is 16.3 Å². The van der Waals surface area contributed by atoms with Gasteiger partial charge in [-0.3, -0.25) is 9.59 Å². The highest BCUT2D eigenvalue weighted by atomic mass is 35.5. The average Bonchev–Trinajstić information content (AvgIpc) is 2.89. The Kier molecular flexibility index (Phi) is 9.61. The van der Waals surface area contributed by atoms with Gasteiger partial charge in [0.1, 0.15) is 4.90 Å². The monoisotopic (exact) mass is 549 g/mol. The van der Waals surface area contributed by atoms with Crippen molar-refractivity contribution in [3.05, 3.63) is 54.1 Å². The third kappa shape index (κ3) is 7.24. The van der Waals surface area contributed by atoms with Gasteiger partial charge >= 0.3 is 5.97 Å². The molecule has 2 aromatic carbocycles. The van der Waals surface area contributed by atoms with Crippen molar-refractivity contribution in [2.24, 2.45) is 11.3 Å². The van der Waals surface area contributed by atoms with Crippen LogP contribution in [-0.2, 0) is 24.3 Å². The lowest BCUT2D eigenvalue weighted by molar-refractivity contribution is -0.148. The molecule has 1 fully saturated rings. The van der Waals surface area contributed by atoms with Gasteiger partial charge in [0.25, 0.3) is 0 Å². The second-order valence-electron chi connectivity index (χ2n) is 9.95. The summed E-state index contributed by atoms with van der Waals surface area (Å²) in [6.07, 6.45) is 1.40. The van der Waals surface area contributed by atoms with Gasteiger partial charge in [0.15, 0.2) is 0 Å². The SMILES string of the molecule is CCOC(=O)C1CCCN(c2ccc(NC(=O)C(C)(C)CCl)cc2S(=O)(=O)NC(C)c2ccccc2)C1. The molecule has 1 heterocycles. The molecule has 0 saturated carbocycles. The zero-order valence-corrected chi connectivity index (χ0v) is 23.4. The lowest BCUT2D eigenvalue weighted by atomic mass is 9.95. The number of carbonyl (C=O) groups excluding carboxylic acids is 2. The number of nitrogens with one attached hydrogen (secondary N) is 2. The highest BCUT2D eigenvalue weighted by molar-refractivity contribution is 7.89. The predicted molar refractivity (Wildman–Crippen MR) is 146 cm³/mol. The molecule has 10 heteroatoms. The van der Waals surface area contributed by atoms with E-state index in [9.17, 15) is 18.0 Å². The van der Waals surface area contributed by atoms with Crippen LogP contribution in [0.2, 0.25) is 0 Å². The molecular weight excluding hydrogens is 514 g/mol. The first-order chi connectivity index (χ1) is 17.5. The number of carbonyl (C=O) groups is 2. The Morgan fingerprint density at radius 2 is 1.89 bits per heavy atom. The molecule has 2 unspecified atom stereocenters. The summed E-state index contributed by atoms with van der Waals surface area (Å²) in [6, 6.07) is 13.6. The molecule has 0 aliphatic carbocycles. The Bertz CT molecular complexity index is 1200. The van der Waals surface area contributed by atoms with Crippen LogP contribution < -0.4 is 14.9 Å². The lowest BCUT2D eigenvalue weighted by Crippen LogP contribution is -2.40. The summed E-state index contributed by atoms with van der Waals surface area (Å²) in [5.74, 6) is -0.824. The number of ether oxygens (including phenoxy) is 1. The third-order valence-electron chi connectivity index (χ3n) is 6.47. The maximum atomic E-state index is 13.7. The molecule has 0 bridgehead atoms. The maximum Gasteiger partial charge on any atom is 0.310 e. The van der Waals surface area contributed by atoms with Crippen LogP contribution in [0.5, 0.6) is 0 Å². The van der Waals surface area contributed by atoms with Crippen molar-refractivity contribution in [1.29, 1.82) is 0 Å². The molecule has 2 atom stereocenters. The standard InChI is InChI=1S/C27H36ClN3O5S/c1-5-36-25(32)21-12-9-15-31(17-21)23-14-13-22(29-26(33)27(3,4)18-28)16-24(23)37(34,35)30-19(2)20-10-7-6-8-11-20/h6-8,10-11,13-14,16,19,21,30H,5,9,12,15,17-18H2,1-4H3,(H,29,33). The molecule has 3 rings (SSSR count). The summed E-state index contributed by atoms with van der Waals surface area (Å²) in [5, 5.41) is 2.80. The van der Waals surface area contributed by atoms with Gasteiger partial charge in [-0.05, 0) is 64.3 Å². The molecule has 0 radical (unpaired) electrons. The molecule has 1 aliphatic heterocycles. The van der Waals surface area contributed by atoms with Crippen LogP contribution in [0, 0.1) is 11.3 Å². The number of anilines is 2. The fourth-order valence-electron chi connectivity index (χ4n) is 4.18. The minimum atomic E-state index is -4.02. The van der Waals surface area contributed by atoms with Gasteiger partial charge in [-0.15, -0.1) is 11.6 Å². The van der Waals surface area contributed by atoms with Crippen molar-refractivity contribution in [1.82, 2.24) is 4.72 Å². The third-order valence-corrected chi connectivity index (χ3v) is 8.71. The van der Waals surface area contributed by atoms with Crippen LogP contribution in [0.25, 0.3) is 0 Å². The molecule has 202 valence electrons. The van der Waals surface area contributed by atoms with Gasteiger partial charge in [0.05, 0.1) is 23.6 Å². The van der Waals surface area contributed by atoms with Crippen molar-refractivity contribution in [2.45, 2.75) is 51.5 Å². The predicted octanol–water partition coefficient (Wildman–Crippen LogP) is 4.71. The normalized spacial score (nSPS) is 17.2. The van der Waals surface area contributed by atoms with E-state index in [1.807, 2.05) is 35.2 Å². The van der Waals surface area contributed by atoms with E-state index in [1.54, 1.807) is 39.8 Å². The Morgan fingerprint density at radius 1 is 1.19 bits per heavy atom. The number of hydrogen-bond donors (Lipinski definition) is 2. The molecule has 0 aromatic heterocycles. The Hall–Kier alpha value is -2.62. The van der Waals surface area contributed by atoms with Gasteiger partial charge in [-0.1, -0.05) is 30.3 Å². The highest BCUT2D eigenvalue weighted by Crippen LogP contribution is 2.33. The molecule has 0 spiro atoms. The molecule has 1 aliphatic rings. The molecule has 2 aromatic rings. The molecule has 1 saturated heterocycles. The van der Waals surface area contributed by atoms with E-state index in [2.05, 4.69) is 10.0 Å². The van der Waals surface area contributed by atoms with Crippen molar-refractivity contribution in [3.8, 4) is 0 Å². The van der Waals surface area contributed by atoms with Crippen molar-refractivity contribution < 1.29 is 22.7 Å². The van der Waals surface area contributed by atoms with E-state index in [0.717, 1.165) is 12.0 Å². The molecule has 2 N–H and O–H groups in total. The number of sulfonamides is 1. The fraction of sp³-hybridized carbons (Fsp3) is 0.481. The first-order valence-corrected chi connectivity index (χ1v) is 14.5. The second kappa shape index (κ2) is 12.3. The largest absolute Gasteiger partial charge is 0.466 e. The number of piperidine rings is 1. The van der Waals surface area contributed by atoms with Gasteiger partial charge in [0.2, 0.25) is 15.9 Å². The average molecular weight is 550 g/mol. The minimum Gasteiger partial charge on any atom is -0.466 e. The number of nitrogens with zero attached hydrogens (tertiary/aromatic N) is 1. The van der Waals surface area contributed by atoms with Gasteiger partial charge in [-0.2, -0.15) is 0 Å². The van der Waals surface area contributed by atoms with Crippen molar-refractivity contribution >= 4 is 44.9 Å². The Labute approximate surface area is 224 Å². The summed E-state index contributed by atoms with van der Waals surface area (Å²) in [7, 11) is -4.02. The lowest BCUT2D eigenvalue weighted by Gasteiger charge is -2.34. The molecule has 37 heavy (non-hydrogen) atoms. The summed E-state index contributed by atoms with van der Waals surface area (Å²) in [6.45, 7) is 8.21. The van der Waals surface area contributed by atoms with Crippen LogP contribution in [0.15, 0.2) is 53.4 Å². The number of hydrogen-bond acceptors (Lipinski definition) is 6. The second-order valence-corrected chi connectivity index (χ2v) is 11.9. The van der Waals surface area contributed by atoms with Crippen LogP contribution in [-0.4, -0.2) is 45.9 Å². The topological polar surface area (TPSA) is 105 Å². The fourth-order valence-corrected chi connectivity index (χ4v) is 5.79. The van der Waals surface area contributed by atoms with Crippen molar-refractivity contribution in [3.63, 3.8) is 0 Å². The van der Waals surface area contributed by atoms with E-state index in [-0.39, 0.29) is 28.6 Å². The quantitative estimate of drug-likeness (QED) is 0.328. The summed E-state index contributed by atoms with van der Waals surface area (Å²) >= 11 is 5.95. The molecule has 1 amide bonds. The number of alkyl halides is 1. The van der Waals surface area contributed by atoms with Gasteiger partial charge < -0.3 is 15.0 Å². The first-order valence-electron chi connectivity index (χ1n) is 12.5. The Balaban J connectivity index is 1.99. The van der Waals surface area contributed by atoms with Crippen LogP contribution in [0.4, 0.5) is 11.4 Å².